The summed E-state index contributed by atoms with van der Waals surface area (Å²) in [5.41, 5.74) is 0. The van der Waals surface area contributed by atoms with Crippen molar-refractivity contribution >= 4 is 17.9 Å². The molecule has 0 N–H and O–H groups in total. The Morgan fingerprint density at radius 2 is 0.559 bits per heavy atom. The van der Waals surface area contributed by atoms with Gasteiger partial charge in [0.2, 0.25) is 0 Å². The zero-order chi connectivity index (χ0) is 43.0. The largest absolute Gasteiger partial charge is 0.462 e. The highest BCUT2D eigenvalue weighted by atomic mass is 16.6. The third-order valence-corrected chi connectivity index (χ3v) is 11.8. The number of hydrogen-bond donors (Lipinski definition) is 0. The van der Waals surface area contributed by atoms with E-state index in [-0.39, 0.29) is 31.1 Å². The number of allylic oxidation sites excluding steroid dienone is 2. The second-order valence-corrected chi connectivity index (χ2v) is 17.8. The normalized spacial score (nSPS) is 12.0. The van der Waals surface area contributed by atoms with Crippen molar-refractivity contribution in [1.29, 1.82) is 0 Å². The quantitative estimate of drug-likeness (QED) is 0.0263. The highest BCUT2D eigenvalue weighted by Gasteiger charge is 2.19. The van der Waals surface area contributed by atoms with Gasteiger partial charge in [0.25, 0.3) is 0 Å². The van der Waals surface area contributed by atoms with Crippen LogP contribution in [0.1, 0.15) is 290 Å². The van der Waals surface area contributed by atoms with Crippen molar-refractivity contribution < 1.29 is 28.6 Å². The van der Waals surface area contributed by atoms with E-state index < -0.39 is 6.10 Å². The fourth-order valence-electron chi connectivity index (χ4n) is 7.79. The maximum Gasteiger partial charge on any atom is 0.306 e. The first-order valence-electron chi connectivity index (χ1n) is 26.2. The van der Waals surface area contributed by atoms with E-state index in [1.165, 1.54) is 193 Å². The van der Waals surface area contributed by atoms with Crippen LogP contribution in [0.5, 0.6) is 0 Å². The summed E-state index contributed by atoms with van der Waals surface area (Å²) in [6.45, 7) is 6.65. The zero-order valence-electron chi connectivity index (χ0n) is 39.8. The van der Waals surface area contributed by atoms with Crippen LogP contribution in [0.3, 0.4) is 0 Å². The number of ether oxygens (including phenoxy) is 3. The summed E-state index contributed by atoms with van der Waals surface area (Å²) < 4.78 is 16.8. The number of hydrogen-bond acceptors (Lipinski definition) is 6. The second-order valence-electron chi connectivity index (χ2n) is 17.8. The fraction of sp³-hybridized carbons (Fsp3) is 0.906. The van der Waals surface area contributed by atoms with Crippen molar-refractivity contribution in [2.45, 2.75) is 297 Å². The van der Waals surface area contributed by atoms with Gasteiger partial charge < -0.3 is 14.2 Å². The minimum atomic E-state index is -0.765. The smallest absolute Gasteiger partial charge is 0.306 e. The van der Waals surface area contributed by atoms with Gasteiger partial charge in [-0.15, -0.1) is 0 Å². The molecule has 0 heterocycles. The van der Waals surface area contributed by atoms with Gasteiger partial charge in [0.15, 0.2) is 6.10 Å². The summed E-state index contributed by atoms with van der Waals surface area (Å²) in [4.78, 5) is 37.9. The van der Waals surface area contributed by atoms with E-state index in [0.717, 1.165) is 57.8 Å². The van der Waals surface area contributed by atoms with Gasteiger partial charge in [-0.05, 0) is 44.9 Å². The zero-order valence-corrected chi connectivity index (χ0v) is 39.8. The lowest BCUT2D eigenvalue weighted by molar-refractivity contribution is -0.167. The van der Waals surface area contributed by atoms with Crippen molar-refractivity contribution in [3.05, 3.63) is 12.2 Å². The Labute approximate surface area is 367 Å². The summed E-state index contributed by atoms with van der Waals surface area (Å²) in [7, 11) is 0. The molecule has 0 aromatic carbocycles. The van der Waals surface area contributed by atoms with E-state index in [4.69, 9.17) is 14.2 Å². The van der Waals surface area contributed by atoms with Gasteiger partial charge in [0.05, 0.1) is 0 Å². The highest BCUT2D eigenvalue weighted by molar-refractivity contribution is 5.71. The van der Waals surface area contributed by atoms with E-state index >= 15 is 0 Å². The molecule has 0 amide bonds. The molecule has 59 heavy (non-hydrogen) atoms. The van der Waals surface area contributed by atoms with Gasteiger partial charge in [0.1, 0.15) is 13.2 Å². The molecule has 0 aliphatic rings. The van der Waals surface area contributed by atoms with Crippen LogP contribution in [0.15, 0.2) is 12.2 Å². The van der Waals surface area contributed by atoms with E-state index in [0.29, 0.717) is 19.3 Å². The molecule has 0 rings (SSSR count). The Balaban J connectivity index is 4.29. The molecule has 6 heteroatoms. The third kappa shape index (κ3) is 47.1. The average molecular weight is 833 g/mol. The van der Waals surface area contributed by atoms with Crippen molar-refractivity contribution in [2.24, 2.45) is 0 Å². The van der Waals surface area contributed by atoms with Crippen LogP contribution in [0.25, 0.3) is 0 Å². The molecule has 348 valence electrons. The molecule has 0 bridgehead atoms. The Kier molecular flexibility index (Phi) is 47.3. The molecule has 0 aromatic heterocycles. The Morgan fingerprint density at radius 3 is 0.864 bits per heavy atom. The number of esters is 3. The molecule has 0 aliphatic carbocycles. The van der Waals surface area contributed by atoms with Gasteiger partial charge in [-0.25, -0.2) is 0 Å². The minimum Gasteiger partial charge on any atom is -0.462 e. The predicted molar refractivity (Wildman–Crippen MR) is 252 cm³/mol. The monoisotopic (exact) mass is 833 g/mol. The van der Waals surface area contributed by atoms with Crippen molar-refractivity contribution in [1.82, 2.24) is 0 Å². The molecule has 0 saturated carbocycles. The van der Waals surface area contributed by atoms with Crippen LogP contribution < -0.4 is 0 Å². The SMILES string of the molecule is CCCCCC/C=C\CCCCCCCCCC(=O)OC(COC(=O)CCCCCCCCCCCC)COC(=O)CCCCCCCCCCCCCCCCCC. The second kappa shape index (κ2) is 48.8. The molecule has 0 spiro atoms. The lowest BCUT2D eigenvalue weighted by Gasteiger charge is -2.18. The molecule has 0 saturated heterocycles. The Bertz CT molecular complexity index is 916. The van der Waals surface area contributed by atoms with E-state index in [1.54, 1.807) is 0 Å². The first-order valence-corrected chi connectivity index (χ1v) is 26.2. The number of carbonyl (C=O) groups is 3. The highest BCUT2D eigenvalue weighted by Crippen LogP contribution is 2.16. The summed E-state index contributed by atoms with van der Waals surface area (Å²) in [6, 6.07) is 0. The number of rotatable bonds is 48. The Hall–Kier alpha value is -1.85. The van der Waals surface area contributed by atoms with Crippen LogP contribution in [-0.4, -0.2) is 37.2 Å². The van der Waals surface area contributed by atoms with Crippen molar-refractivity contribution in [2.75, 3.05) is 13.2 Å². The van der Waals surface area contributed by atoms with Crippen LogP contribution in [-0.2, 0) is 28.6 Å². The van der Waals surface area contributed by atoms with Crippen LogP contribution in [0.4, 0.5) is 0 Å². The molecule has 1 atom stereocenters. The van der Waals surface area contributed by atoms with Gasteiger partial charge in [0, 0.05) is 19.3 Å². The molecular formula is C53H100O6. The molecule has 1 unspecified atom stereocenters. The molecule has 0 aliphatic heterocycles. The number of unbranched alkanes of at least 4 members (excludes halogenated alkanes) is 35. The van der Waals surface area contributed by atoms with Crippen LogP contribution >= 0.6 is 0 Å². The fourth-order valence-corrected chi connectivity index (χ4v) is 7.79. The molecule has 6 nitrogen and oxygen atoms in total. The first kappa shape index (κ1) is 57.1. The maximum absolute atomic E-state index is 12.8. The summed E-state index contributed by atoms with van der Waals surface area (Å²) in [6.07, 6.45) is 53.3. The van der Waals surface area contributed by atoms with Crippen LogP contribution in [0.2, 0.25) is 0 Å². The van der Waals surface area contributed by atoms with Crippen molar-refractivity contribution in [3.63, 3.8) is 0 Å². The van der Waals surface area contributed by atoms with Crippen LogP contribution in [0, 0.1) is 0 Å². The topological polar surface area (TPSA) is 78.9 Å². The lowest BCUT2D eigenvalue weighted by atomic mass is 10.0. The van der Waals surface area contributed by atoms with E-state index in [2.05, 4.69) is 32.9 Å². The van der Waals surface area contributed by atoms with E-state index in [9.17, 15) is 14.4 Å². The molecular weight excluding hydrogens is 733 g/mol. The lowest BCUT2D eigenvalue weighted by Crippen LogP contribution is -2.30. The van der Waals surface area contributed by atoms with Gasteiger partial charge in [-0.3, -0.25) is 14.4 Å². The summed E-state index contributed by atoms with van der Waals surface area (Å²) in [5, 5.41) is 0. The van der Waals surface area contributed by atoms with Gasteiger partial charge in [-0.2, -0.15) is 0 Å². The average Bonchev–Trinajstić information content (AvgIpc) is 3.23. The van der Waals surface area contributed by atoms with Crippen molar-refractivity contribution in [3.8, 4) is 0 Å². The third-order valence-electron chi connectivity index (χ3n) is 11.8. The molecule has 0 aromatic rings. The summed E-state index contributed by atoms with van der Waals surface area (Å²) >= 11 is 0. The maximum atomic E-state index is 12.8. The van der Waals surface area contributed by atoms with Gasteiger partial charge in [-0.1, -0.05) is 238 Å². The summed E-state index contributed by atoms with van der Waals surface area (Å²) in [5.74, 6) is -0.855. The molecule has 0 radical (unpaired) electrons. The minimum absolute atomic E-state index is 0.0665. The first-order chi connectivity index (χ1) is 29.0. The predicted octanol–water partition coefficient (Wildman–Crippen LogP) is 17.0. The Morgan fingerprint density at radius 1 is 0.322 bits per heavy atom. The number of carbonyl (C=O) groups excluding carboxylic acids is 3. The standard InChI is InChI=1S/C53H100O6/c1-4-7-10-13-16-19-22-24-26-28-29-31-34-37-40-43-46-52(55)58-49-50(48-57-51(54)45-42-39-36-33-21-18-15-12-9-6-3)59-53(56)47-44-41-38-35-32-30-27-25-23-20-17-14-11-8-5-2/h20,23,50H,4-19,21-22,24-49H2,1-3H3/b23-20-. The van der Waals surface area contributed by atoms with Gasteiger partial charge >= 0.3 is 17.9 Å². The van der Waals surface area contributed by atoms with E-state index in [1.807, 2.05) is 0 Å². The molecule has 0 fully saturated rings.